The van der Waals surface area contributed by atoms with E-state index in [1.165, 1.54) is 82.6 Å². The molecular weight excluding hydrogens is 380 g/mol. The van der Waals surface area contributed by atoms with Crippen LogP contribution in [0.2, 0.25) is 0 Å². The van der Waals surface area contributed by atoms with Gasteiger partial charge in [0.25, 0.3) is 0 Å². The molecule has 0 saturated carbocycles. The van der Waals surface area contributed by atoms with Crippen LogP contribution in [0.3, 0.4) is 0 Å². The molecule has 0 radical (unpaired) electrons. The highest BCUT2D eigenvalue weighted by atomic mass is 16.5. The third kappa shape index (κ3) is 16.0. The second kappa shape index (κ2) is 19.4. The molecule has 0 bridgehead atoms. The van der Waals surface area contributed by atoms with Gasteiger partial charge in [0, 0.05) is 6.42 Å². The molecule has 2 heteroatoms. The topological polar surface area (TPSA) is 26.3 Å². The van der Waals surface area contributed by atoms with Crippen LogP contribution in [0.4, 0.5) is 0 Å². The Labute approximate surface area is 193 Å². The largest absolute Gasteiger partial charge is 0.462 e. The number of rotatable bonds is 20. The van der Waals surface area contributed by atoms with Crippen LogP contribution < -0.4 is 0 Å². The quantitative estimate of drug-likeness (QED) is 0.152. The van der Waals surface area contributed by atoms with E-state index in [0.29, 0.717) is 12.3 Å². The normalized spacial score (nSPS) is 12.3. The lowest BCUT2D eigenvalue weighted by Gasteiger charge is -2.21. The summed E-state index contributed by atoms with van der Waals surface area (Å²) >= 11 is 0. The number of ether oxygens (including phenoxy) is 1. The van der Waals surface area contributed by atoms with Crippen molar-refractivity contribution in [2.45, 2.75) is 136 Å². The average Bonchev–Trinajstić information content (AvgIpc) is 2.77. The van der Waals surface area contributed by atoms with Gasteiger partial charge in [-0.25, -0.2) is 0 Å². The zero-order chi connectivity index (χ0) is 22.6. The summed E-state index contributed by atoms with van der Waals surface area (Å²) < 4.78 is 5.83. The molecule has 0 unspecified atom stereocenters. The van der Waals surface area contributed by atoms with E-state index in [-0.39, 0.29) is 12.1 Å². The van der Waals surface area contributed by atoms with Crippen LogP contribution in [0, 0.1) is 5.92 Å². The summed E-state index contributed by atoms with van der Waals surface area (Å²) in [6, 6.07) is 10.7. The Hall–Kier alpha value is -1.31. The van der Waals surface area contributed by atoms with Gasteiger partial charge in [-0.15, -0.1) is 0 Å². The molecule has 0 aliphatic rings. The van der Waals surface area contributed by atoms with Crippen molar-refractivity contribution in [3.63, 3.8) is 0 Å². The highest BCUT2D eigenvalue weighted by molar-refractivity contribution is 5.69. The standard InChI is InChI=1S/C29H50O2/c1-4-5-6-7-8-9-10-13-19-24-28(26(2)3)31-29(30)25-20-14-11-12-16-21-27-22-17-15-18-23-27/h15,17-18,22-23,26,28H,4-14,16,19-21,24-25H2,1-3H3/t28-/m1/s1. The van der Waals surface area contributed by atoms with Crippen molar-refractivity contribution in [1.82, 2.24) is 0 Å². The van der Waals surface area contributed by atoms with Crippen LogP contribution in [0.25, 0.3) is 0 Å². The van der Waals surface area contributed by atoms with Crippen molar-refractivity contribution < 1.29 is 9.53 Å². The van der Waals surface area contributed by atoms with Gasteiger partial charge in [0.15, 0.2) is 0 Å². The van der Waals surface area contributed by atoms with Crippen molar-refractivity contribution in [3.8, 4) is 0 Å². The summed E-state index contributed by atoms with van der Waals surface area (Å²) in [6.07, 6.45) is 20.7. The summed E-state index contributed by atoms with van der Waals surface area (Å²) in [5, 5.41) is 0. The fourth-order valence-electron chi connectivity index (χ4n) is 4.19. The van der Waals surface area contributed by atoms with Crippen LogP contribution >= 0.6 is 0 Å². The first-order valence-corrected chi connectivity index (χ1v) is 13.4. The lowest BCUT2D eigenvalue weighted by atomic mass is 9.99. The zero-order valence-corrected chi connectivity index (χ0v) is 20.9. The Morgan fingerprint density at radius 3 is 1.90 bits per heavy atom. The van der Waals surface area contributed by atoms with Crippen molar-refractivity contribution >= 4 is 5.97 Å². The maximum atomic E-state index is 12.3. The van der Waals surface area contributed by atoms with E-state index in [9.17, 15) is 4.79 Å². The van der Waals surface area contributed by atoms with E-state index < -0.39 is 0 Å². The molecule has 2 nitrogen and oxygen atoms in total. The van der Waals surface area contributed by atoms with Crippen LogP contribution in [0.15, 0.2) is 30.3 Å². The van der Waals surface area contributed by atoms with Gasteiger partial charge in [-0.1, -0.05) is 122 Å². The fraction of sp³-hybridized carbons (Fsp3) is 0.759. The zero-order valence-electron chi connectivity index (χ0n) is 20.9. The number of carbonyl (C=O) groups excluding carboxylic acids is 1. The Morgan fingerprint density at radius 1 is 0.742 bits per heavy atom. The maximum Gasteiger partial charge on any atom is 0.306 e. The minimum Gasteiger partial charge on any atom is -0.462 e. The van der Waals surface area contributed by atoms with E-state index in [2.05, 4.69) is 51.1 Å². The highest BCUT2D eigenvalue weighted by Gasteiger charge is 2.17. The van der Waals surface area contributed by atoms with E-state index in [4.69, 9.17) is 4.74 Å². The highest BCUT2D eigenvalue weighted by Crippen LogP contribution is 2.18. The van der Waals surface area contributed by atoms with Gasteiger partial charge >= 0.3 is 5.97 Å². The van der Waals surface area contributed by atoms with Crippen LogP contribution in [-0.4, -0.2) is 12.1 Å². The molecule has 0 aliphatic carbocycles. The van der Waals surface area contributed by atoms with Crippen LogP contribution in [0.1, 0.15) is 129 Å². The number of benzene rings is 1. The van der Waals surface area contributed by atoms with Crippen molar-refractivity contribution in [2.24, 2.45) is 5.92 Å². The summed E-state index contributed by atoms with van der Waals surface area (Å²) in [5.41, 5.74) is 1.43. The summed E-state index contributed by atoms with van der Waals surface area (Å²) in [7, 11) is 0. The second-order valence-corrected chi connectivity index (χ2v) is 9.64. The molecule has 0 spiro atoms. The number of unbranched alkanes of at least 4 members (excludes halogenated alkanes) is 12. The number of carbonyl (C=O) groups is 1. The minimum absolute atomic E-state index is 0.0129. The molecule has 31 heavy (non-hydrogen) atoms. The average molecular weight is 431 g/mol. The second-order valence-electron chi connectivity index (χ2n) is 9.64. The van der Waals surface area contributed by atoms with Crippen LogP contribution in [-0.2, 0) is 16.0 Å². The van der Waals surface area contributed by atoms with Gasteiger partial charge in [0.05, 0.1) is 0 Å². The first kappa shape index (κ1) is 27.7. The molecule has 178 valence electrons. The van der Waals surface area contributed by atoms with Gasteiger partial charge < -0.3 is 4.74 Å². The number of hydrogen-bond donors (Lipinski definition) is 0. The van der Waals surface area contributed by atoms with Gasteiger partial charge in [-0.05, 0) is 43.6 Å². The number of hydrogen-bond acceptors (Lipinski definition) is 2. The fourth-order valence-corrected chi connectivity index (χ4v) is 4.19. The molecule has 0 fully saturated rings. The predicted octanol–water partition coefficient (Wildman–Crippen LogP) is 9.06. The monoisotopic (exact) mass is 430 g/mol. The molecule has 1 aromatic rings. The molecule has 0 aromatic heterocycles. The lowest BCUT2D eigenvalue weighted by Crippen LogP contribution is -2.23. The van der Waals surface area contributed by atoms with Crippen LogP contribution in [0.5, 0.6) is 0 Å². The molecule has 0 saturated heterocycles. The third-order valence-electron chi connectivity index (χ3n) is 6.31. The Bertz CT molecular complexity index is 523. The van der Waals surface area contributed by atoms with E-state index >= 15 is 0 Å². The number of aryl methyl sites for hydroxylation is 1. The van der Waals surface area contributed by atoms with E-state index in [0.717, 1.165) is 25.7 Å². The summed E-state index contributed by atoms with van der Waals surface area (Å²) in [6.45, 7) is 6.63. The molecular formula is C29H50O2. The Morgan fingerprint density at radius 2 is 1.29 bits per heavy atom. The van der Waals surface area contributed by atoms with Gasteiger partial charge in [0.1, 0.15) is 6.10 Å². The Kier molecular flexibility index (Phi) is 17.3. The lowest BCUT2D eigenvalue weighted by molar-refractivity contribution is -0.151. The van der Waals surface area contributed by atoms with E-state index in [1.807, 2.05) is 0 Å². The summed E-state index contributed by atoms with van der Waals surface area (Å²) in [4.78, 5) is 12.3. The minimum atomic E-state index is 0.0129. The van der Waals surface area contributed by atoms with Crippen molar-refractivity contribution in [1.29, 1.82) is 0 Å². The third-order valence-corrected chi connectivity index (χ3v) is 6.31. The SMILES string of the molecule is CCCCCCCCCCC[C@@H](OC(=O)CCCCCCCc1ccccc1)C(C)C. The molecule has 0 amide bonds. The first-order valence-electron chi connectivity index (χ1n) is 13.4. The Balaban J connectivity index is 2.01. The number of esters is 1. The molecule has 0 heterocycles. The first-order chi connectivity index (χ1) is 15.1. The van der Waals surface area contributed by atoms with E-state index in [1.54, 1.807) is 0 Å². The molecule has 1 atom stereocenters. The van der Waals surface area contributed by atoms with Crippen molar-refractivity contribution in [2.75, 3.05) is 0 Å². The molecule has 0 N–H and O–H groups in total. The smallest absolute Gasteiger partial charge is 0.306 e. The summed E-state index contributed by atoms with van der Waals surface area (Å²) in [5.74, 6) is 0.426. The molecule has 1 rings (SSSR count). The molecule has 1 aromatic carbocycles. The predicted molar refractivity (Wildman–Crippen MR) is 134 cm³/mol. The van der Waals surface area contributed by atoms with Gasteiger partial charge in [0.2, 0.25) is 0 Å². The maximum absolute atomic E-state index is 12.3. The van der Waals surface area contributed by atoms with Gasteiger partial charge in [-0.2, -0.15) is 0 Å². The van der Waals surface area contributed by atoms with Crippen molar-refractivity contribution in [3.05, 3.63) is 35.9 Å². The van der Waals surface area contributed by atoms with Gasteiger partial charge in [-0.3, -0.25) is 4.79 Å². The molecule has 0 aliphatic heterocycles.